The van der Waals surface area contributed by atoms with E-state index in [1.165, 1.54) is 0 Å². The summed E-state index contributed by atoms with van der Waals surface area (Å²) in [6.07, 6.45) is -6.45. The Morgan fingerprint density at radius 2 is 1.91 bits per heavy atom. The Labute approximate surface area is 173 Å². The quantitative estimate of drug-likeness (QED) is 0.491. The van der Waals surface area contributed by atoms with Crippen LogP contribution < -0.4 is 10.3 Å². The van der Waals surface area contributed by atoms with Gasteiger partial charge in [0, 0.05) is 5.57 Å². The van der Waals surface area contributed by atoms with E-state index in [2.05, 4.69) is 20.1 Å². The van der Waals surface area contributed by atoms with E-state index in [4.69, 9.17) is 11.3 Å². The van der Waals surface area contributed by atoms with E-state index in [-0.39, 0.29) is 0 Å². The summed E-state index contributed by atoms with van der Waals surface area (Å²) in [4.78, 5) is 30.4. The minimum atomic E-state index is -5.19. The molecule has 2 aromatic rings. The Bertz CT molecular complexity index is 1300. The Hall–Kier alpha value is -4.28. The molecule has 1 aromatic heterocycles. The van der Waals surface area contributed by atoms with Crippen molar-refractivity contribution in [2.75, 3.05) is 0 Å². The molecule has 1 aromatic carbocycles. The number of ether oxygens (including phenoxy) is 1. The molecule has 32 heavy (non-hydrogen) atoms. The van der Waals surface area contributed by atoms with Crippen LogP contribution in [0.4, 0.5) is 32.0 Å². The molecular weight excluding hydrogens is 448 g/mol. The number of hydrogen-bond acceptors (Lipinski definition) is 5. The van der Waals surface area contributed by atoms with Crippen LogP contribution in [-0.2, 0) is 17.5 Å². The molecule has 0 aliphatic carbocycles. The first-order valence-electron chi connectivity index (χ1n) is 8.25. The van der Waals surface area contributed by atoms with Crippen LogP contribution in [0.5, 0.6) is 11.5 Å². The molecular formula is C18H7F6N5O3. The average Bonchev–Trinajstić information content (AvgIpc) is 2.72. The Morgan fingerprint density at radius 1 is 1.19 bits per heavy atom. The summed E-state index contributed by atoms with van der Waals surface area (Å²) in [5, 5.41) is 5.93. The number of rotatable bonds is 4. The fourth-order valence-corrected chi connectivity index (χ4v) is 2.46. The van der Waals surface area contributed by atoms with Crippen molar-refractivity contribution in [3.8, 4) is 11.5 Å². The van der Waals surface area contributed by atoms with Crippen molar-refractivity contribution < 1.29 is 35.9 Å². The van der Waals surface area contributed by atoms with Gasteiger partial charge in [0.25, 0.3) is 17.5 Å². The summed E-state index contributed by atoms with van der Waals surface area (Å²) >= 11 is 0. The summed E-state index contributed by atoms with van der Waals surface area (Å²) < 4.78 is 85.1. The second kappa shape index (κ2) is 8.46. The maximum absolute atomic E-state index is 14.3. The molecule has 3 rings (SSSR count). The fourth-order valence-electron chi connectivity index (χ4n) is 2.46. The highest BCUT2D eigenvalue weighted by molar-refractivity contribution is 5.95. The van der Waals surface area contributed by atoms with Gasteiger partial charge in [0.1, 0.15) is 0 Å². The standard InChI is InChI=1S/C18H7F6N5O3/c1-25-9-3-2-4-11(12(9)19)32-13-14(18(22,23)24)26-7-29(17(13)31)6-8-5-10(15(20)21)27-28-16(8)30/h2-5,7H,6H2. The number of alkyl halides is 3. The lowest BCUT2D eigenvalue weighted by atomic mass is 10.2. The Morgan fingerprint density at radius 3 is 2.53 bits per heavy atom. The van der Waals surface area contributed by atoms with Crippen molar-refractivity contribution in [2.24, 2.45) is 10.2 Å². The molecule has 0 saturated heterocycles. The Balaban J connectivity index is 2.11. The van der Waals surface area contributed by atoms with Crippen LogP contribution in [0.2, 0.25) is 0 Å². The van der Waals surface area contributed by atoms with Crippen molar-refractivity contribution in [1.29, 1.82) is 0 Å². The molecule has 1 amide bonds. The lowest BCUT2D eigenvalue weighted by molar-refractivity contribution is -0.142. The summed E-state index contributed by atoms with van der Waals surface area (Å²) in [6.45, 7) is 6.04. The molecule has 0 saturated carbocycles. The van der Waals surface area contributed by atoms with Gasteiger partial charge in [-0.15, -0.1) is 10.2 Å². The van der Waals surface area contributed by atoms with Gasteiger partial charge in [-0.3, -0.25) is 14.2 Å². The summed E-state index contributed by atoms with van der Waals surface area (Å²) in [5.74, 6) is -4.73. The van der Waals surface area contributed by atoms with Crippen LogP contribution >= 0.6 is 0 Å². The van der Waals surface area contributed by atoms with Crippen molar-refractivity contribution in [2.45, 2.75) is 12.7 Å². The van der Waals surface area contributed by atoms with Crippen LogP contribution in [0.3, 0.4) is 0 Å². The summed E-state index contributed by atoms with van der Waals surface area (Å²) in [5.41, 5.74) is -5.34. The zero-order valence-electron chi connectivity index (χ0n) is 15.3. The molecule has 0 radical (unpaired) electrons. The zero-order chi connectivity index (χ0) is 23.6. The highest BCUT2D eigenvalue weighted by Gasteiger charge is 2.39. The molecule has 14 heteroatoms. The molecule has 0 unspecified atom stereocenters. The van der Waals surface area contributed by atoms with Crippen molar-refractivity contribution >= 4 is 11.6 Å². The Kier molecular flexibility index (Phi) is 5.92. The number of halogens is 6. The number of aromatic nitrogens is 2. The minimum absolute atomic E-state index is 0.416. The highest BCUT2D eigenvalue weighted by Crippen LogP contribution is 2.36. The zero-order valence-corrected chi connectivity index (χ0v) is 15.3. The number of allylic oxidation sites excluding steroid dienone is 1. The van der Waals surface area contributed by atoms with Crippen LogP contribution in [-0.4, -0.2) is 15.5 Å². The third kappa shape index (κ3) is 4.41. The topological polar surface area (TPSA) is 90.3 Å². The van der Waals surface area contributed by atoms with E-state index < -0.39 is 70.2 Å². The van der Waals surface area contributed by atoms with E-state index in [9.17, 15) is 35.9 Å². The van der Waals surface area contributed by atoms with E-state index >= 15 is 0 Å². The number of amides is 1. The molecule has 2 heterocycles. The van der Waals surface area contributed by atoms with Crippen LogP contribution in [0.1, 0.15) is 5.69 Å². The number of carbonyl (C=O) groups is 1. The van der Waals surface area contributed by atoms with Gasteiger partial charge < -0.3 is 4.74 Å². The molecule has 0 atom stereocenters. The predicted molar refractivity (Wildman–Crippen MR) is 93.4 cm³/mol. The fraction of sp³-hybridized carbons (Fsp3) is 0.111. The van der Waals surface area contributed by atoms with Crippen LogP contribution in [0.15, 0.2) is 63.0 Å². The van der Waals surface area contributed by atoms with Gasteiger partial charge in [0.05, 0.1) is 19.4 Å². The molecule has 0 spiro atoms. The second-order valence-corrected chi connectivity index (χ2v) is 5.98. The maximum Gasteiger partial charge on any atom is 0.437 e. The third-order valence-electron chi connectivity index (χ3n) is 3.91. The maximum atomic E-state index is 14.3. The van der Waals surface area contributed by atoms with Crippen LogP contribution in [0.25, 0.3) is 4.85 Å². The molecule has 8 nitrogen and oxygen atoms in total. The monoisotopic (exact) mass is 455 g/mol. The lowest BCUT2D eigenvalue weighted by Gasteiger charge is -2.15. The molecule has 164 valence electrons. The van der Waals surface area contributed by atoms with E-state index in [0.29, 0.717) is 17.0 Å². The van der Waals surface area contributed by atoms with Gasteiger partial charge in [0.2, 0.25) is 11.4 Å². The van der Waals surface area contributed by atoms with E-state index in [0.717, 1.165) is 18.2 Å². The lowest BCUT2D eigenvalue weighted by Crippen LogP contribution is -2.28. The first kappa shape index (κ1) is 22.4. The molecule has 1 aliphatic rings. The number of nitrogens with zero attached hydrogens (tertiary/aromatic N) is 5. The molecule has 1 aliphatic heterocycles. The van der Waals surface area contributed by atoms with Gasteiger partial charge in [0.15, 0.2) is 23.0 Å². The highest BCUT2D eigenvalue weighted by atomic mass is 19.4. The van der Waals surface area contributed by atoms with Crippen molar-refractivity contribution in [1.82, 2.24) is 9.55 Å². The molecule has 0 bridgehead atoms. The largest absolute Gasteiger partial charge is 0.448 e. The van der Waals surface area contributed by atoms with E-state index in [1.54, 1.807) is 0 Å². The third-order valence-corrected chi connectivity index (χ3v) is 3.91. The van der Waals surface area contributed by atoms with Crippen molar-refractivity contribution in [3.05, 3.63) is 81.2 Å². The number of carbonyl (C=O) groups excluding carboxylic acids is 1. The van der Waals surface area contributed by atoms with Gasteiger partial charge in [-0.05, 0) is 12.1 Å². The number of hydrogen-bond donors (Lipinski definition) is 0. The first-order chi connectivity index (χ1) is 15.0. The number of benzene rings is 1. The van der Waals surface area contributed by atoms with Crippen molar-refractivity contribution in [3.63, 3.8) is 0 Å². The van der Waals surface area contributed by atoms with Gasteiger partial charge >= 0.3 is 6.18 Å². The smallest absolute Gasteiger partial charge is 0.437 e. The van der Waals surface area contributed by atoms with Gasteiger partial charge in [-0.25, -0.2) is 14.2 Å². The van der Waals surface area contributed by atoms with E-state index in [1.807, 2.05) is 0 Å². The minimum Gasteiger partial charge on any atom is -0.448 e. The predicted octanol–water partition coefficient (Wildman–Crippen LogP) is 4.77. The number of azo groups is 1. The summed E-state index contributed by atoms with van der Waals surface area (Å²) in [6, 6.07) is 3.03. The molecule has 0 fully saturated rings. The summed E-state index contributed by atoms with van der Waals surface area (Å²) in [7, 11) is 0. The second-order valence-electron chi connectivity index (χ2n) is 5.98. The first-order valence-corrected chi connectivity index (χ1v) is 8.25. The SMILES string of the molecule is [C-]#[N+]c1cccc(Oc2c(C(F)(F)F)ncn(CC3=CC(=C(F)F)N=NC3=O)c2=O)c1F. The van der Waals surface area contributed by atoms with Gasteiger partial charge in [-0.1, -0.05) is 12.1 Å². The molecule has 0 N–H and O–H groups in total. The van der Waals surface area contributed by atoms with Gasteiger partial charge in [-0.2, -0.15) is 22.0 Å². The average molecular weight is 455 g/mol. The normalized spacial score (nSPS) is 13.6. The van der Waals surface area contributed by atoms with Crippen LogP contribution in [0, 0.1) is 12.4 Å².